The van der Waals surface area contributed by atoms with Gasteiger partial charge in [-0.2, -0.15) is 5.26 Å². The van der Waals surface area contributed by atoms with E-state index in [9.17, 15) is 0 Å². The Morgan fingerprint density at radius 1 is 1.19 bits per heavy atom. The third-order valence-electron chi connectivity index (χ3n) is 3.78. The molecule has 1 aromatic carbocycles. The summed E-state index contributed by atoms with van der Waals surface area (Å²) in [5, 5.41) is 8.94. The van der Waals surface area contributed by atoms with E-state index in [1.165, 1.54) is 12.1 Å². The quantitative estimate of drug-likeness (QED) is 0.665. The first-order valence-corrected chi connectivity index (χ1v) is 5.85. The Hall–Kier alpha value is -1.69. The smallest absolute Gasteiger partial charge is 0.179 e. The second kappa shape index (κ2) is 3.71. The zero-order valence-corrected chi connectivity index (χ0v) is 9.21. The molecule has 0 amide bonds. The molecule has 2 fully saturated rings. The highest BCUT2D eigenvalue weighted by Crippen LogP contribution is 2.34. The van der Waals surface area contributed by atoms with E-state index in [0.29, 0.717) is 12.0 Å². The van der Waals surface area contributed by atoms with Crippen molar-refractivity contribution in [2.75, 3.05) is 24.5 Å². The summed E-state index contributed by atoms with van der Waals surface area (Å²) in [6.45, 7) is 2.99. The summed E-state index contributed by atoms with van der Waals surface area (Å²) in [5.74, 6) is 0.680. The Kier molecular flexibility index (Phi) is 2.21. The first-order valence-electron chi connectivity index (χ1n) is 5.85. The summed E-state index contributed by atoms with van der Waals surface area (Å²) in [6, 6.07) is 11.1. The highest BCUT2D eigenvalue weighted by molar-refractivity contribution is 5.49. The fourth-order valence-corrected chi connectivity index (χ4v) is 2.98. The van der Waals surface area contributed by atoms with Crippen LogP contribution in [0.2, 0.25) is 0 Å². The van der Waals surface area contributed by atoms with E-state index in [-0.39, 0.29) is 0 Å². The molecule has 0 aromatic heterocycles. The van der Waals surface area contributed by atoms with Crippen LogP contribution in [0.5, 0.6) is 0 Å². The van der Waals surface area contributed by atoms with Crippen molar-refractivity contribution >= 4 is 5.69 Å². The molecule has 0 spiro atoms. The van der Waals surface area contributed by atoms with Crippen LogP contribution in [0.25, 0.3) is 0 Å². The molecule has 3 nitrogen and oxygen atoms in total. The standard InChI is InChI=1S/C13H15N3/c14-10-15-8-11-6-7-16(13(11)9-15)12-4-2-1-3-5-12/h1-5,11,13H,6-9H2. The minimum Gasteiger partial charge on any atom is -0.366 e. The number of rotatable bonds is 1. The van der Waals surface area contributed by atoms with Crippen LogP contribution >= 0.6 is 0 Å². The van der Waals surface area contributed by atoms with E-state index in [1.54, 1.807) is 0 Å². The molecule has 0 aliphatic carbocycles. The molecule has 0 saturated carbocycles. The Labute approximate surface area is 95.9 Å². The SMILES string of the molecule is N#CN1CC2CCN(c3ccccc3)C2C1. The average Bonchev–Trinajstić information content (AvgIpc) is 2.88. The number of nitrogens with zero attached hydrogens (tertiary/aromatic N) is 3. The van der Waals surface area contributed by atoms with E-state index in [0.717, 1.165) is 19.6 Å². The van der Waals surface area contributed by atoms with Gasteiger partial charge in [0.2, 0.25) is 0 Å². The number of para-hydroxylation sites is 1. The molecule has 0 radical (unpaired) electrons. The topological polar surface area (TPSA) is 30.3 Å². The number of hydrogen-bond acceptors (Lipinski definition) is 3. The van der Waals surface area contributed by atoms with Crippen LogP contribution in [0.15, 0.2) is 30.3 Å². The summed E-state index contributed by atoms with van der Waals surface area (Å²) in [4.78, 5) is 4.35. The molecule has 0 bridgehead atoms. The molecular weight excluding hydrogens is 198 g/mol. The van der Waals surface area contributed by atoms with E-state index < -0.39 is 0 Å². The number of likely N-dealkylation sites (tertiary alicyclic amines) is 1. The number of anilines is 1. The van der Waals surface area contributed by atoms with Crippen molar-refractivity contribution in [2.24, 2.45) is 5.92 Å². The molecule has 82 valence electrons. The highest BCUT2D eigenvalue weighted by atomic mass is 15.3. The Morgan fingerprint density at radius 3 is 2.75 bits per heavy atom. The van der Waals surface area contributed by atoms with Gasteiger partial charge in [0.25, 0.3) is 0 Å². The van der Waals surface area contributed by atoms with Crippen molar-refractivity contribution in [1.29, 1.82) is 5.26 Å². The lowest BCUT2D eigenvalue weighted by Crippen LogP contribution is -2.34. The van der Waals surface area contributed by atoms with Gasteiger partial charge < -0.3 is 9.80 Å². The predicted octanol–water partition coefficient (Wildman–Crippen LogP) is 1.68. The van der Waals surface area contributed by atoms with E-state index >= 15 is 0 Å². The summed E-state index contributed by atoms with van der Waals surface area (Å²) >= 11 is 0. The van der Waals surface area contributed by atoms with Crippen molar-refractivity contribution in [1.82, 2.24) is 4.90 Å². The largest absolute Gasteiger partial charge is 0.366 e. The molecule has 3 rings (SSSR count). The zero-order valence-electron chi connectivity index (χ0n) is 9.21. The van der Waals surface area contributed by atoms with Gasteiger partial charge in [0, 0.05) is 31.2 Å². The van der Waals surface area contributed by atoms with Crippen LogP contribution in [-0.2, 0) is 0 Å². The lowest BCUT2D eigenvalue weighted by Gasteiger charge is -2.25. The molecule has 0 N–H and O–H groups in total. The fourth-order valence-electron chi connectivity index (χ4n) is 2.98. The first kappa shape index (κ1) is 9.53. The van der Waals surface area contributed by atoms with Crippen molar-refractivity contribution in [3.8, 4) is 6.19 Å². The monoisotopic (exact) mass is 213 g/mol. The summed E-state index contributed by atoms with van der Waals surface area (Å²) in [7, 11) is 0. The maximum atomic E-state index is 8.94. The first-order chi connectivity index (χ1) is 7.88. The van der Waals surface area contributed by atoms with Crippen molar-refractivity contribution in [3.05, 3.63) is 30.3 Å². The van der Waals surface area contributed by atoms with Gasteiger partial charge in [-0.1, -0.05) is 18.2 Å². The molecule has 2 heterocycles. The molecule has 2 aliphatic heterocycles. The number of benzene rings is 1. The minimum atomic E-state index is 0.544. The number of fused-ring (bicyclic) bond motifs is 1. The number of nitriles is 1. The summed E-state index contributed by atoms with van der Waals surface area (Å²) in [6.07, 6.45) is 3.49. The van der Waals surface area contributed by atoms with Crippen LogP contribution in [-0.4, -0.2) is 30.6 Å². The Morgan fingerprint density at radius 2 is 2.00 bits per heavy atom. The van der Waals surface area contributed by atoms with Gasteiger partial charge >= 0.3 is 0 Å². The van der Waals surface area contributed by atoms with Gasteiger partial charge in [0.05, 0.1) is 6.04 Å². The molecule has 2 atom stereocenters. The highest BCUT2D eigenvalue weighted by Gasteiger charge is 2.41. The van der Waals surface area contributed by atoms with Crippen molar-refractivity contribution < 1.29 is 0 Å². The zero-order chi connectivity index (χ0) is 11.0. The third kappa shape index (κ3) is 1.42. The molecule has 3 heteroatoms. The average molecular weight is 213 g/mol. The molecule has 2 saturated heterocycles. The van der Waals surface area contributed by atoms with Crippen LogP contribution in [0.1, 0.15) is 6.42 Å². The lowest BCUT2D eigenvalue weighted by atomic mass is 10.1. The third-order valence-corrected chi connectivity index (χ3v) is 3.78. The van der Waals surface area contributed by atoms with Gasteiger partial charge in [-0.15, -0.1) is 0 Å². The predicted molar refractivity (Wildman–Crippen MR) is 62.9 cm³/mol. The van der Waals surface area contributed by atoms with Crippen LogP contribution in [0.4, 0.5) is 5.69 Å². The van der Waals surface area contributed by atoms with Crippen molar-refractivity contribution in [2.45, 2.75) is 12.5 Å². The lowest BCUT2D eigenvalue weighted by molar-refractivity contribution is 0.446. The minimum absolute atomic E-state index is 0.544. The van der Waals surface area contributed by atoms with Gasteiger partial charge in [-0.25, -0.2) is 0 Å². The van der Waals surface area contributed by atoms with Gasteiger partial charge in [0.1, 0.15) is 0 Å². The molecule has 1 aromatic rings. The molecule has 2 aliphatic rings. The van der Waals surface area contributed by atoms with Gasteiger partial charge in [-0.05, 0) is 18.6 Å². The summed E-state index contributed by atoms with van der Waals surface area (Å²) in [5.41, 5.74) is 1.30. The van der Waals surface area contributed by atoms with E-state index in [1.807, 2.05) is 11.0 Å². The maximum Gasteiger partial charge on any atom is 0.179 e. The van der Waals surface area contributed by atoms with Crippen molar-refractivity contribution in [3.63, 3.8) is 0 Å². The van der Waals surface area contributed by atoms with Gasteiger partial charge in [0.15, 0.2) is 6.19 Å². The molecule has 16 heavy (non-hydrogen) atoms. The van der Waals surface area contributed by atoms with Gasteiger partial charge in [-0.3, -0.25) is 0 Å². The van der Waals surface area contributed by atoms with Crippen LogP contribution in [0.3, 0.4) is 0 Å². The van der Waals surface area contributed by atoms with Crippen LogP contribution in [0, 0.1) is 17.4 Å². The fraction of sp³-hybridized carbons (Fsp3) is 0.462. The second-order valence-electron chi connectivity index (χ2n) is 4.65. The Bertz CT molecular complexity index is 409. The second-order valence-corrected chi connectivity index (χ2v) is 4.65. The normalized spacial score (nSPS) is 27.9. The van der Waals surface area contributed by atoms with E-state index in [4.69, 9.17) is 5.26 Å². The van der Waals surface area contributed by atoms with E-state index in [2.05, 4.69) is 35.4 Å². The Balaban J connectivity index is 1.82. The molecular formula is C13H15N3. The van der Waals surface area contributed by atoms with Crippen LogP contribution < -0.4 is 4.90 Å². The molecule has 2 unspecified atom stereocenters. The maximum absolute atomic E-state index is 8.94. The number of hydrogen-bond donors (Lipinski definition) is 0. The summed E-state index contributed by atoms with van der Waals surface area (Å²) < 4.78 is 0.